The van der Waals surface area contributed by atoms with Gasteiger partial charge in [0.1, 0.15) is 0 Å². The molecule has 4 heteroatoms. The Hall–Kier alpha value is -0.350. The Kier molecular flexibility index (Phi) is 5.25. The van der Waals surface area contributed by atoms with E-state index in [9.17, 15) is 0 Å². The largest absolute Gasteiger partial charge is 0.391 e. The predicted molar refractivity (Wildman–Crippen MR) is 46.0 cm³/mol. The lowest BCUT2D eigenvalue weighted by molar-refractivity contribution is 0.173. The van der Waals surface area contributed by atoms with Crippen LogP contribution in [0.4, 0.5) is 0 Å². The number of nitrogens with one attached hydrogen (secondary N) is 2. The van der Waals surface area contributed by atoms with E-state index in [1.807, 2.05) is 6.92 Å². The standard InChI is InChI=1S/C6H14N2OS/c1-3-5(9)4-8-6(10)7-2/h5,9H,3-4H2,1-2H3,(H2,7,8,10)/t5-/m0/s1. The van der Waals surface area contributed by atoms with E-state index in [1.54, 1.807) is 7.05 Å². The van der Waals surface area contributed by atoms with Gasteiger partial charge in [0.15, 0.2) is 5.11 Å². The second-order valence-corrected chi connectivity index (χ2v) is 2.43. The van der Waals surface area contributed by atoms with Crippen LogP contribution < -0.4 is 10.6 Å². The van der Waals surface area contributed by atoms with E-state index in [2.05, 4.69) is 10.6 Å². The summed E-state index contributed by atoms with van der Waals surface area (Å²) in [6.07, 6.45) is 0.450. The van der Waals surface area contributed by atoms with Gasteiger partial charge in [-0.15, -0.1) is 0 Å². The fourth-order valence-electron chi connectivity index (χ4n) is 0.443. The molecule has 10 heavy (non-hydrogen) atoms. The highest BCUT2D eigenvalue weighted by molar-refractivity contribution is 7.80. The third kappa shape index (κ3) is 4.52. The van der Waals surface area contributed by atoms with Gasteiger partial charge >= 0.3 is 0 Å². The molecule has 0 saturated carbocycles. The summed E-state index contributed by atoms with van der Waals surface area (Å²) in [5, 5.41) is 15.2. The molecule has 0 aromatic heterocycles. The van der Waals surface area contributed by atoms with Gasteiger partial charge in [-0.25, -0.2) is 0 Å². The second kappa shape index (κ2) is 5.44. The molecular weight excluding hydrogens is 148 g/mol. The Balaban J connectivity index is 3.26. The first-order chi connectivity index (χ1) is 4.70. The monoisotopic (exact) mass is 162 g/mol. The Labute approximate surface area is 66.8 Å². The van der Waals surface area contributed by atoms with Crippen LogP contribution in [0.5, 0.6) is 0 Å². The molecule has 0 aromatic rings. The van der Waals surface area contributed by atoms with Crippen molar-refractivity contribution >= 4 is 17.3 Å². The van der Waals surface area contributed by atoms with E-state index in [-0.39, 0.29) is 6.10 Å². The lowest BCUT2D eigenvalue weighted by Gasteiger charge is -2.10. The van der Waals surface area contributed by atoms with Crippen LogP contribution in [0, 0.1) is 0 Å². The van der Waals surface area contributed by atoms with E-state index in [4.69, 9.17) is 17.3 Å². The quantitative estimate of drug-likeness (QED) is 0.505. The minimum Gasteiger partial charge on any atom is -0.391 e. The number of hydrogen-bond acceptors (Lipinski definition) is 2. The van der Waals surface area contributed by atoms with Crippen molar-refractivity contribution in [3.63, 3.8) is 0 Å². The predicted octanol–water partition coefficient (Wildman–Crippen LogP) is -0.149. The molecule has 0 saturated heterocycles. The van der Waals surface area contributed by atoms with Gasteiger partial charge in [0.2, 0.25) is 0 Å². The van der Waals surface area contributed by atoms with Gasteiger partial charge in [0.05, 0.1) is 6.10 Å². The molecule has 0 fully saturated rings. The van der Waals surface area contributed by atoms with E-state index in [0.717, 1.165) is 6.42 Å². The summed E-state index contributed by atoms with van der Waals surface area (Å²) in [6, 6.07) is 0. The molecule has 0 aliphatic rings. The summed E-state index contributed by atoms with van der Waals surface area (Å²) in [5.41, 5.74) is 0. The molecule has 0 spiro atoms. The summed E-state index contributed by atoms with van der Waals surface area (Å²) in [5.74, 6) is 0. The van der Waals surface area contributed by atoms with Gasteiger partial charge in [-0.2, -0.15) is 0 Å². The first-order valence-corrected chi connectivity index (χ1v) is 3.75. The summed E-state index contributed by atoms with van der Waals surface area (Å²) < 4.78 is 0. The Bertz CT molecular complexity index is 108. The van der Waals surface area contributed by atoms with Gasteiger partial charge in [0, 0.05) is 13.6 Å². The molecule has 0 bridgehead atoms. The van der Waals surface area contributed by atoms with Gasteiger partial charge in [-0.05, 0) is 18.6 Å². The summed E-state index contributed by atoms with van der Waals surface area (Å²) in [6.45, 7) is 2.45. The van der Waals surface area contributed by atoms with E-state index in [0.29, 0.717) is 11.7 Å². The highest BCUT2D eigenvalue weighted by Crippen LogP contribution is 1.85. The van der Waals surface area contributed by atoms with Crippen molar-refractivity contribution in [2.45, 2.75) is 19.4 Å². The fourth-order valence-corrected chi connectivity index (χ4v) is 0.527. The number of aliphatic hydroxyl groups excluding tert-OH is 1. The second-order valence-electron chi connectivity index (χ2n) is 2.02. The maximum Gasteiger partial charge on any atom is 0.166 e. The highest BCUT2D eigenvalue weighted by atomic mass is 32.1. The van der Waals surface area contributed by atoms with Crippen molar-refractivity contribution in [2.24, 2.45) is 0 Å². The average Bonchev–Trinajstić information content (AvgIpc) is 1.99. The zero-order valence-electron chi connectivity index (χ0n) is 6.35. The van der Waals surface area contributed by atoms with Crippen LogP contribution in [0.15, 0.2) is 0 Å². The van der Waals surface area contributed by atoms with E-state index in [1.165, 1.54) is 0 Å². The maximum absolute atomic E-state index is 9.05. The molecular formula is C6H14N2OS. The Morgan fingerprint density at radius 2 is 2.30 bits per heavy atom. The van der Waals surface area contributed by atoms with Crippen LogP contribution in [-0.2, 0) is 0 Å². The van der Waals surface area contributed by atoms with Gasteiger partial charge in [0.25, 0.3) is 0 Å². The molecule has 0 aliphatic heterocycles. The number of rotatable bonds is 3. The first-order valence-electron chi connectivity index (χ1n) is 3.34. The molecule has 0 rings (SSSR count). The lowest BCUT2D eigenvalue weighted by Crippen LogP contribution is -2.37. The molecule has 60 valence electrons. The first kappa shape index (κ1) is 9.65. The maximum atomic E-state index is 9.05. The van der Waals surface area contributed by atoms with Crippen LogP contribution >= 0.6 is 12.2 Å². The van der Waals surface area contributed by atoms with Crippen LogP contribution in [0.25, 0.3) is 0 Å². The van der Waals surface area contributed by atoms with Gasteiger partial charge in [-0.3, -0.25) is 0 Å². The molecule has 1 atom stereocenters. The Morgan fingerprint density at radius 3 is 2.70 bits per heavy atom. The van der Waals surface area contributed by atoms with Crippen molar-refractivity contribution in [1.82, 2.24) is 10.6 Å². The smallest absolute Gasteiger partial charge is 0.166 e. The zero-order chi connectivity index (χ0) is 7.98. The summed E-state index contributed by atoms with van der Waals surface area (Å²) in [7, 11) is 1.74. The third-order valence-electron chi connectivity index (χ3n) is 1.20. The third-order valence-corrected chi connectivity index (χ3v) is 1.55. The molecule has 0 radical (unpaired) electrons. The molecule has 0 unspecified atom stereocenters. The highest BCUT2D eigenvalue weighted by Gasteiger charge is 1.99. The molecule has 0 amide bonds. The topological polar surface area (TPSA) is 44.3 Å². The SMILES string of the molecule is CC[C@H](O)CNC(=S)NC. The van der Waals surface area contributed by atoms with Crippen LogP contribution in [0.1, 0.15) is 13.3 Å². The normalized spacial score (nSPS) is 12.3. The van der Waals surface area contributed by atoms with E-state index < -0.39 is 0 Å². The van der Waals surface area contributed by atoms with Crippen molar-refractivity contribution in [3.8, 4) is 0 Å². The summed E-state index contributed by atoms with van der Waals surface area (Å²) in [4.78, 5) is 0. The molecule has 0 aliphatic carbocycles. The number of thiocarbonyl (C=S) groups is 1. The van der Waals surface area contributed by atoms with E-state index >= 15 is 0 Å². The van der Waals surface area contributed by atoms with Gasteiger partial charge in [-0.1, -0.05) is 6.92 Å². The van der Waals surface area contributed by atoms with Crippen molar-refractivity contribution in [3.05, 3.63) is 0 Å². The van der Waals surface area contributed by atoms with Crippen molar-refractivity contribution < 1.29 is 5.11 Å². The van der Waals surface area contributed by atoms with Crippen LogP contribution in [0.2, 0.25) is 0 Å². The fraction of sp³-hybridized carbons (Fsp3) is 0.833. The average molecular weight is 162 g/mol. The van der Waals surface area contributed by atoms with Crippen LogP contribution in [0.3, 0.4) is 0 Å². The van der Waals surface area contributed by atoms with Crippen molar-refractivity contribution in [1.29, 1.82) is 0 Å². The number of hydrogen-bond donors (Lipinski definition) is 3. The number of aliphatic hydroxyl groups is 1. The molecule has 3 nitrogen and oxygen atoms in total. The van der Waals surface area contributed by atoms with Crippen LogP contribution in [-0.4, -0.2) is 29.9 Å². The molecule has 0 heterocycles. The minimum absolute atomic E-state index is 0.300. The summed E-state index contributed by atoms with van der Waals surface area (Å²) >= 11 is 4.79. The molecule has 3 N–H and O–H groups in total. The molecule has 0 aromatic carbocycles. The van der Waals surface area contributed by atoms with Gasteiger partial charge < -0.3 is 15.7 Å². The lowest BCUT2D eigenvalue weighted by atomic mass is 10.3. The zero-order valence-corrected chi connectivity index (χ0v) is 7.16. The van der Waals surface area contributed by atoms with Crippen molar-refractivity contribution in [2.75, 3.05) is 13.6 Å². The Morgan fingerprint density at radius 1 is 1.70 bits per heavy atom. The minimum atomic E-state index is -0.300.